The molecule has 0 aliphatic carbocycles. The van der Waals surface area contributed by atoms with Crippen LogP contribution in [-0.4, -0.2) is 43.5 Å². The molecule has 0 spiro atoms. The molecule has 6 heteroatoms. The molecule has 1 amide bonds. The van der Waals surface area contributed by atoms with Gasteiger partial charge in [0.05, 0.1) is 0 Å². The van der Waals surface area contributed by atoms with Gasteiger partial charge in [0, 0.05) is 43.4 Å². The van der Waals surface area contributed by atoms with Crippen molar-refractivity contribution in [1.82, 2.24) is 15.5 Å². The third kappa shape index (κ3) is 4.58. The van der Waals surface area contributed by atoms with Crippen LogP contribution >= 0.6 is 15.9 Å². The molecule has 0 bridgehead atoms. The van der Waals surface area contributed by atoms with Gasteiger partial charge < -0.3 is 15.5 Å². The van der Waals surface area contributed by atoms with Gasteiger partial charge in [-0.05, 0) is 18.1 Å². The van der Waals surface area contributed by atoms with Crippen LogP contribution in [0.4, 0.5) is 0 Å². The molecule has 1 heterocycles. The van der Waals surface area contributed by atoms with Crippen molar-refractivity contribution in [3.8, 4) is 6.07 Å². The Kier molecular flexibility index (Phi) is 6.44. The SMILES string of the molecule is N#C/C(=C/NCCc1ccccc1Br)C(=O)N1CCNCC1. The summed E-state index contributed by atoms with van der Waals surface area (Å²) in [4.78, 5) is 13.9. The Morgan fingerprint density at radius 2 is 2.14 bits per heavy atom. The maximum absolute atomic E-state index is 12.2. The molecule has 1 aliphatic rings. The highest BCUT2D eigenvalue weighted by Gasteiger charge is 2.19. The Bertz CT molecular complexity index is 588. The Morgan fingerprint density at radius 3 is 2.82 bits per heavy atom. The molecule has 5 nitrogen and oxygen atoms in total. The number of nitrogens with one attached hydrogen (secondary N) is 2. The van der Waals surface area contributed by atoms with Gasteiger partial charge in [-0.3, -0.25) is 4.79 Å². The number of hydrogen-bond donors (Lipinski definition) is 2. The molecule has 2 N–H and O–H groups in total. The van der Waals surface area contributed by atoms with Crippen molar-refractivity contribution in [2.75, 3.05) is 32.7 Å². The Labute approximate surface area is 139 Å². The molecule has 1 aromatic rings. The number of hydrogen-bond acceptors (Lipinski definition) is 4. The van der Waals surface area contributed by atoms with Crippen LogP contribution in [0.25, 0.3) is 0 Å². The average Bonchev–Trinajstić information content (AvgIpc) is 2.57. The highest BCUT2D eigenvalue weighted by atomic mass is 79.9. The fraction of sp³-hybridized carbons (Fsp3) is 0.375. The predicted molar refractivity (Wildman–Crippen MR) is 89.0 cm³/mol. The number of halogens is 1. The summed E-state index contributed by atoms with van der Waals surface area (Å²) in [5, 5.41) is 15.4. The van der Waals surface area contributed by atoms with E-state index in [1.165, 1.54) is 11.8 Å². The van der Waals surface area contributed by atoms with Crippen LogP contribution in [0.5, 0.6) is 0 Å². The molecule has 1 aromatic carbocycles. The lowest BCUT2D eigenvalue weighted by Crippen LogP contribution is -2.46. The molecular weight excluding hydrogens is 344 g/mol. The number of amides is 1. The second-order valence-corrected chi connectivity index (χ2v) is 5.86. The molecule has 1 saturated heterocycles. The minimum atomic E-state index is -0.197. The Balaban J connectivity index is 1.86. The molecule has 0 radical (unpaired) electrons. The number of carbonyl (C=O) groups is 1. The van der Waals surface area contributed by atoms with Crippen LogP contribution in [0.3, 0.4) is 0 Å². The van der Waals surface area contributed by atoms with E-state index in [0.29, 0.717) is 19.6 Å². The standard InChI is InChI=1S/C16H19BrN4O/c17-15-4-2-1-3-13(15)5-6-20-12-14(11-18)16(22)21-9-7-19-8-10-21/h1-4,12,19-20H,5-10H2/b14-12-. The molecule has 0 unspecified atom stereocenters. The van der Waals surface area contributed by atoms with Gasteiger partial charge in [0.15, 0.2) is 0 Å². The lowest BCUT2D eigenvalue weighted by atomic mass is 10.1. The molecule has 22 heavy (non-hydrogen) atoms. The summed E-state index contributed by atoms with van der Waals surface area (Å²) in [6, 6.07) is 10.00. The zero-order valence-electron chi connectivity index (χ0n) is 12.3. The van der Waals surface area contributed by atoms with Gasteiger partial charge in [-0.2, -0.15) is 5.26 Å². The van der Waals surface area contributed by atoms with Crippen LogP contribution in [0.2, 0.25) is 0 Å². The summed E-state index contributed by atoms with van der Waals surface area (Å²) >= 11 is 3.50. The quantitative estimate of drug-likeness (QED) is 0.472. The number of nitriles is 1. The second kappa shape index (κ2) is 8.57. The lowest BCUT2D eigenvalue weighted by molar-refractivity contribution is -0.127. The van der Waals surface area contributed by atoms with E-state index in [1.54, 1.807) is 4.90 Å². The highest BCUT2D eigenvalue weighted by Crippen LogP contribution is 2.15. The molecule has 1 fully saturated rings. The summed E-state index contributed by atoms with van der Waals surface area (Å²) in [6.45, 7) is 3.52. The minimum absolute atomic E-state index is 0.161. The lowest BCUT2D eigenvalue weighted by Gasteiger charge is -2.27. The maximum Gasteiger partial charge on any atom is 0.266 e. The summed E-state index contributed by atoms with van der Waals surface area (Å²) in [5.41, 5.74) is 1.35. The summed E-state index contributed by atoms with van der Waals surface area (Å²) in [5.74, 6) is -0.197. The third-order valence-corrected chi connectivity index (χ3v) is 4.27. The Morgan fingerprint density at radius 1 is 1.41 bits per heavy atom. The maximum atomic E-state index is 12.2. The van der Waals surface area contributed by atoms with E-state index < -0.39 is 0 Å². The van der Waals surface area contributed by atoms with Crippen LogP contribution in [-0.2, 0) is 11.2 Å². The largest absolute Gasteiger partial charge is 0.389 e. The van der Waals surface area contributed by atoms with E-state index in [1.807, 2.05) is 30.3 Å². The molecule has 0 aromatic heterocycles. The van der Waals surface area contributed by atoms with Crippen molar-refractivity contribution in [2.24, 2.45) is 0 Å². The van der Waals surface area contributed by atoms with E-state index in [0.717, 1.165) is 24.0 Å². The van der Waals surface area contributed by atoms with Crippen molar-refractivity contribution in [1.29, 1.82) is 5.26 Å². The zero-order chi connectivity index (χ0) is 15.8. The topological polar surface area (TPSA) is 68.2 Å². The minimum Gasteiger partial charge on any atom is -0.389 e. The number of benzene rings is 1. The first-order chi connectivity index (χ1) is 10.7. The summed E-state index contributed by atoms with van der Waals surface area (Å²) in [6.07, 6.45) is 2.35. The normalized spacial score (nSPS) is 15.3. The molecular formula is C16H19BrN4O. The smallest absolute Gasteiger partial charge is 0.266 e. The van der Waals surface area contributed by atoms with E-state index in [4.69, 9.17) is 5.26 Å². The van der Waals surface area contributed by atoms with E-state index in [-0.39, 0.29) is 11.5 Å². The zero-order valence-corrected chi connectivity index (χ0v) is 13.9. The van der Waals surface area contributed by atoms with Gasteiger partial charge >= 0.3 is 0 Å². The first-order valence-electron chi connectivity index (χ1n) is 7.29. The monoisotopic (exact) mass is 362 g/mol. The van der Waals surface area contributed by atoms with Crippen molar-refractivity contribution in [3.05, 3.63) is 46.1 Å². The van der Waals surface area contributed by atoms with Gasteiger partial charge in [-0.15, -0.1) is 0 Å². The van der Waals surface area contributed by atoms with E-state index in [9.17, 15) is 4.79 Å². The van der Waals surface area contributed by atoms with Gasteiger partial charge in [0.2, 0.25) is 0 Å². The molecule has 0 saturated carbocycles. The van der Waals surface area contributed by atoms with Crippen LogP contribution in [0.1, 0.15) is 5.56 Å². The first kappa shape index (κ1) is 16.5. The Hall–Kier alpha value is -1.84. The number of piperazine rings is 1. The number of nitrogens with zero attached hydrogens (tertiary/aromatic N) is 2. The van der Waals surface area contributed by atoms with Crippen LogP contribution in [0, 0.1) is 11.3 Å². The molecule has 1 aliphatic heterocycles. The van der Waals surface area contributed by atoms with Crippen molar-refractivity contribution < 1.29 is 4.79 Å². The van der Waals surface area contributed by atoms with E-state index in [2.05, 4.69) is 26.6 Å². The third-order valence-electron chi connectivity index (χ3n) is 3.50. The van der Waals surface area contributed by atoms with Crippen molar-refractivity contribution in [3.63, 3.8) is 0 Å². The fourth-order valence-corrected chi connectivity index (χ4v) is 2.75. The molecule has 2 rings (SSSR count). The predicted octanol–water partition coefficient (Wildman–Crippen LogP) is 1.42. The first-order valence-corrected chi connectivity index (χ1v) is 8.08. The average molecular weight is 363 g/mol. The summed E-state index contributed by atoms with van der Waals surface area (Å²) < 4.78 is 1.07. The van der Waals surface area contributed by atoms with Crippen molar-refractivity contribution >= 4 is 21.8 Å². The van der Waals surface area contributed by atoms with Gasteiger partial charge in [-0.1, -0.05) is 34.1 Å². The second-order valence-electron chi connectivity index (χ2n) is 5.01. The fourth-order valence-electron chi connectivity index (χ4n) is 2.26. The number of carbonyl (C=O) groups excluding carboxylic acids is 1. The van der Waals surface area contributed by atoms with Crippen molar-refractivity contribution in [2.45, 2.75) is 6.42 Å². The van der Waals surface area contributed by atoms with Gasteiger partial charge in [0.25, 0.3) is 5.91 Å². The van der Waals surface area contributed by atoms with Crippen LogP contribution in [0.15, 0.2) is 40.5 Å². The number of rotatable bonds is 5. The van der Waals surface area contributed by atoms with Gasteiger partial charge in [-0.25, -0.2) is 0 Å². The molecule has 116 valence electrons. The van der Waals surface area contributed by atoms with Gasteiger partial charge in [0.1, 0.15) is 11.6 Å². The molecule has 0 atom stereocenters. The van der Waals surface area contributed by atoms with E-state index >= 15 is 0 Å². The van der Waals surface area contributed by atoms with Crippen LogP contribution < -0.4 is 10.6 Å². The highest BCUT2D eigenvalue weighted by molar-refractivity contribution is 9.10. The summed E-state index contributed by atoms with van der Waals surface area (Å²) in [7, 11) is 0.